The van der Waals surface area contributed by atoms with Crippen molar-refractivity contribution in [3.05, 3.63) is 22.4 Å². The molecule has 1 atom stereocenters. The molecular formula is C11H13NO3S. The molecule has 1 amide bonds. The second-order valence-electron chi connectivity index (χ2n) is 3.98. The van der Waals surface area contributed by atoms with Gasteiger partial charge < -0.3 is 10.4 Å². The summed E-state index contributed by atoms with van der Waals surface area (Å²) in [7, 11) is 0. The number of hydrogen-bond acceptors (Lipinski definition) is 3. The summed E-state index contributed by atoms with van der Waals surface area (Å²) in [5, 5.41) is 13.4. The Labute approximate surface area is 97.3 Å². The molecule has 1 unspecified atom stereocenters. The highest BCUT2D eigenvalue weighted by molar-refractivity contribution is 7.10. The van der Waals surface area contributed by atoms with Gasteiger partial charge in [-0.05, 0) is 30.2 Å². The number of aliphatic carboxylic acids is 1. The van der Waals surface area contributed by atoms with Crippen molar-refractivity contribution in [2.45, 2.75) is 25.3 Å². The molecule has 0 radical (unpaired) electrons. The van der Waals surface area contributed by atoms with Gasteiger partial charge in [-0.3, -0.25) is 4.79 Å². The van der Waals surface area contributed by atoms with Crippen LogP contribution >= 0.6 is 11.3 Å². The summed E-state index contributed by atoms with van der Waals surface area (Å²) in [5.74, 6) is -1.01. The first-order valence-electron chi connectivity index (χ1n) is 5.21. The summed E-state index contributed by atoms with van der Waals surface area (Å²) < 4.78 is 0. The third kappa shape index (κ3) is 2.82. The fourth-order valence-corrected chi connectivity index (χ4v) is 2.31. The molecule has 4 nitrogen and oxygen atoms in total. The molecule has 0 aromatic carbocycles. The topological polar surface area (TPSA) is 66.4 Å². The second kappa shape index (κ2) is 4.65. The summed E-state index contributed by atoms with van der Waals surface area (Å²) in [4.78, 5) is 23.5. The van der Waals surface area contributed by atoms with Crippen LogP contribution in [0.15, 0.2) is 17.5 Å². The van der Waals surface area contributed by atoms with Gasteiger partial charge in [-0.15, -0.1) is 11.3 Å². The Bertz CT molecular complexity index is 384. The maximum absolute atomic E-state index is 11.6. The Morgan fingerprint density at radius 3 is 2.81 bits per heavy atom. The Morgan fingerprint density at radius 2 is 2.31 bits per heavy atom. The van der Waals surface area contributed by atoms with Gasteiger partial charge in [0, 0.05) is 4.88 Å². The van der Waals surface area contributed by atoms with Crippen molar-refractivity contribution in [2.75, 3.05) is 0 Å². The van der Waals surface area contributed by atoms with Crippen molar-refractivity contribution < 1.29 is 14.7 Å². The van der Waals surface area contributed by atoms with Crippen LogP contribution < -0.4 is 5.32 Å². The van der Waals surface area contributed by atoms with E-state index in [0.717, 1.165) is 17.7 Å². The molecule has 0 aliphatic heterocycles. The van der Waals surface area contributed by atoms with E-state index in [-0.39, 0.29) is 18.2 Å². The molecular weight excluding hydrogens is 226 g/mol. The average molecular weight is 239 g/mol. The van der Waals surface area contributed by atoms with Crippen LogP contribution in [0.1, 0.15) is 17.7 Å². The SMILES string of the molecule is O=C(Cc1cccs1)NC(C(=O)O)C1CC1. The van der Waals surface area contributed by atoms with E-state index in [1.165, 1.54) is 11.3 Å². The summed E-state index contributed by atoms with van der Waals surface area (Å²) in [6.45, 7) is 0. The van der Waals surface area contributed by atoms with Crippen molar-refractivity contribution in [3.63, 3.8) is 0 Å². The Morgan fingerprint density at radius 1 is 1.56 bits per heavy atom. The largest absolute Gasteiger partial charge is 0.480 e. The van der Waals surface area contributed by atoms with Crippen LogP contribution in [0.3, 0.4) is 0 Å². The van der Waals surface area contributed by atoms with Gasteiger partial charge in [-0.2, -0.15) is 0 Å². The first kappa shape index (κ1) is 11.1. The molecule has 1 aliphatic rings. The Balaban J connectivity index is 1.88. The first-order valence-corrected chi connectivity index (χ1v) is 6.09. The molecule has 0 spiro atoms. The molecule has 2 N–H and O–H groups in total. The minimum Gasteiger partial charge on any atom is -0.480 e. The molecule has 0 bridgehead atoms. The van der Waals surface area contributed by atoms with E-state index in [0.29, 0.717) is 0 Å². The highest BCUT2D eigenvalue weighted by Gasteiger charge is 2.37. The first-order chi connectivity index (χ1) is 7.66. The van der Waals surface area contributed by atoms with Gasteiger partial charge in [0.2, 0.25) is 5.91 Å². The zero-order valence-corrected chi connectivity index (χ0v) is 9.50. The number of rotatable bonds is 5. The molecule has 1 saturated carbocycles. The fourth-order valence-electron chi connectivity index (χ4n) is 1.61. The van der Waals surface area contributed by atoms with Gasteiger partial charge in [0.25, 0.3) is 0 Å². The van der Waals surface area contributed by atoms with Crippen molar-refractivity contribution in [1.82, 2.24) is 5.32 Å². The third-order valence-electron chi connectivity index (χ3n) is 2.59. The van der Waals surface area contributed by atoms with Crippen LogP contribution in [0.2, 0.25) is 0 Å². The van der Waals surface area contributed by atoms with E-state index in [2.05, 4.69) is 5.32 Å². The van der Waals surface area contributed by atoms with Gasteiger partial charge in [-0.25, -0.2) is 4.79 Å². The van der Waals surface area contributed by atoms with Crippen molar-refractivity contribution in [2.24, 2.45) is 5.92 Å². The van der Waals surface area contributed by atoms with Crippen LogP contribution in [0.4, 0.5) is 0 Å². The zero-order valence-electron chi connectivity index (χ0n) is 8.68. The van der Waals surface area contributed by atoms with Crippen molar-refractivity contribution in [1.29, 1.82) is 0 Å². The lowest BCUT2D eigenvalue weighted by Crippen LogP contribution is -2.42. The summed E-state index contributed by atoms with van der Waals surface area (Å²) in [5.41, 5.74) is 0. The Hall–Kier alpha value is -1.36. The van der Waals surface area contributed by atoms with Gasteiger partial charge >= 0.3 is 5.97 Å². The van der Waals surface area contributed by atoms with E-state index >= 15 is 0 Å². The molecule has 1 heterocycles. The summed E-state index contributed by atoms with van der Waals surface area (Å²) >= 11 is 1.50. The van der Waals surface area contributed by atoms with Crippen LogP contribution in [0.25, 0.3) is 0 Å². The molecule has 0 saturated heterocycles. The molecule has 5 heteroatoms. The highest BCUT2D eigenvalue weighted by atomic mass is 32.1. The van der Waals surface area contributed by atoms with Crippen molar-refractivity contribution >= 4 is 23.2 Å². The number of carboxylic acids is 1. The van der Waals surface area contributed by atoms with Gasteiger partial charge in [-0.1, -0.05) is 6.07 Å². The van der Waals surface area contributed by atoms with Gasteiger partial charge in [0.05, 0.1) is 6.42 Å². The molecule has 16 heavy (non-hydrogen) atoms. The normalized spacial score (nSPS) is 16.8. The lowest BCUT2D eigenvalue weighted by molar-refractivity contribution is -0.142. The minimum absolute atomic E-state index is 0.129. The predicted octanol–water partition coefficient (Wildman–Crippen LogP) is 1.27. The number of amides is 1. The molecule has 1 aliphatic carbocycles. The second-order valence-corrected chi connectivity index (χ2v) is 5.01. The lowest BCUT2D eigenvalue weighted by atomic mass is 10.2. The van der Waals surface area contributed by atoms with Crippen LogP contribution in [0.5, 0.6) is 0 Å². The van der Waals surface area contributed by atoms with Gasteiger partial charge in [0.15, 0.2) is 0 Å². The number of thiophene rings is 1. The van der Waals surface area contributed by atoms with E-state index in [1.807, 2.05) is 17.5 Å². The quantitative estimate of drug-likeness (QED) is 0.813. The number of carbonyl (C=O) groups excluding carboxylic acids is 1. The maximum atomic E-state index is 11.6. The molecule has 2 rings (SSSR count). The Kier molecular flexibility index (Phi) is 3.24. The number of hydrogen-bond donors (Lipinski definition) is 2. The van der Waals surface area contributed by atoms with Gasteiger partial charge in [0.1, 0.15) is 6.04 Å². The number of nitrogens with one attached hydrogen (secondary N) is 1. The maximum Gasteiger partial charge on any atom is 0.326 e. The van der Waals surface area contributed by atoms with E-state index in [1.54, 1.807) is 0 Å². The smallest absolute Gasteiger partial charge is 0.326 e. The molecule has 1 fully saturated rings. The monoisotopic (exact) mass is 239 g/mol. The molecule has 1 aromatic heterocycles. The zero-order chi connectivity index (χ0) is 11.5. The molecule has 86 valence electrons. The number of carboxylic acid groups (broad SMARTS) is 1. The van der Waals surface area contributed by atoms with E-state index in [4.69, 9.17) is 5.11 Å². The highest BCUT2D eigenvalue weighted by Crippen LogP contribution is 2.32. The standard InChI is InChI=1S/C11H13NO3S/c13-9(6-8-2-1-5-16-8)12-10(11(14)15)7-3-4-7/h1-2,5,7,10H,3-4,6H2,(H,12,13)(H,14,15). The fraction of sp³-hybridized carbons (Fsp3) is 0.455. The summed E-state index contributed by atoms with van der Waals surface area (Å²) in [6.07, 6.45) is 2.07. The third-order valence-corrected chi connectivity index (χ3v) is 3.47. The molecule has 1 aromatic rings. The van der Waals surface area contributed by atoms with Crippen LogP contribution in [-0.2, 0) is 16.0 Å². The minimum atomic E-state index is -0.929. The number of carbonyl (C=O) groups is 2. The van der Waals surface area contributed by atoms with Crippen molar-refractivity contribution in [3.8, 4) is 0 Å². The average Bonchev–Trinajstić information content (AvgIpc) is 2.94. The predicted molar refractivity (Wildman–Crippen MR) is 60.3 cm³/mol. The van der Waals surface area contributed by atoms with Crippen LogP contribution in [0, 0.1) is 5.92 Å². The lowest BCUT2D eigenvalue weighted by Gasteiger charge is -2.12. The van der Waals surface area contributed by atoms with E-state index in [9.17, 15) is 9.59 Å². The summed E-state index contributed by atoms with van der Waals surface area (Å²) in [6, 6.07) is 3.05. The van der Waals surface area contributed by atoms with E-state index < -0.39 is 12.0 Å². The van der Waals surface area contributed by atoms with Crippen LogP contribution in [-0.4, -0.2) is 23.0 Å².